The lowest BCUT2D eigenvalue weighted by Gasteiger charge is -2.57. The summed E-state index contributed by atoms with van der Waals surface area (Å²) in [5.74, 6) is 4.58. The van der Waals surface area contributed by atoms with Crippen LogP contribution in [-0.4, -0.2) is 47.5 Å². The summed E-state index contributed by atoms with van der Waals surface area (Å²) < 4.78 is 0. The van der Waals surface area contributed by atoms with E-state index >= 15 is 0 Å². The van der Waals surface area contributed by atoms with Crippen LogP contribution in [-0.2, 0) is 0 Å². The topological polar surface area (TPSA) is 18.8 Å². The van der Waals surface area contributed by atoms with E-state index in [1.54, 1.807) is 38.5 Å². The Hall–Kier alpha value is -0.730. The predicted octanol–water partition coefficient (Wildman–Crippen LogP) is 3.36. The highest BCUT2D eigenvalue weighted by Crippen LogP contribution is 2.61. The molecule has 3 nitrogen and oxygen atoms in total. The molecule has 4 aliphatic carbocycles. The second-order valence-corrected chi connectivity index (χ2v) is 9.35. The van der Waals surface area contributed by atoms with E-state index < -0.39 is 0 Å². The molecule has 2 atom stereocenters. The van der Waals surface area contributed by atoms with Crippen molar-refractivity contribution in [1.29, 1.82) is 0 Å². The lowest BCUT2D eigenvalue weighted by atomic mass is 9.49. The molecule has 0 unspecified atom stereocenters. The van der Waals surface area contributed by atoms with Gasteiger partial charge in [-0.3, -0.25) is 4.99 Å². The summed E-state index contributed by atoms with van der Waals surface area (Å²) in [6.07, 6.45) is 10.8. The molecule has 4 bridgehead atoms. The molecule has 2 aliphatic heterocycles. The van der Waals surface area contributed by atoms with Crippen LogP contribution in [0.25, 0.3) is 0 Å². The highest BCUT2D eigenvalue weighted by Gasteiger charge is 2.51. The van der Waals surface area contributed by atoms with Gasteiger partial charge < -0.3 is 9.80 Å². The molecule has 0 amide bonds. The number of aliphatic imine (C=N–C) groups is 1. The Morgan fingerprint density at radius 1 is 1.00 bits per heavy atom. The lowest BCUT2D eigenvalue weighted by molar-refractivity contribution is -0.0594. The van der Waals surface area contributed by atoms with Gasteiger partial charge in [-0.15, -0.1) is 0 Å². The van der Waals surface area contributed by atoms with E-state index in [1.165, 1.54) is 25.5 Å². The van der Waals surface area contributed by atoms with Crippen molar-refractivity contribution < 1.29 is 0 Å². The zero-order valence-corrected chi connectivity index (χ0v) is 14.3. The quantitative estimate of drug-likeness (QED) is 0.796. The maximum Gasteiger partial charge on any atom is 0.197 e. The van der Waals surface area contributed by atoms with Gasteiger partial charge in [0.2, 0.25) is 0 Å². The first-order valence-corrected chi connectivity index (χ1v) is 9.70. The fourth-order valence-electron chi connectivity index (χ4n) is 6.97. The van der Waals surface area contributed by atoms with Crippen LogP contribution < -0.4 is 0 Å². The molecule has 0 aromatic carbocycles. The van der Waals surface area contributed by atoms with Crippen molar-refractivity contribution in [3.63, 3.8) is 0 Å². The molecule has 3 heteroatoms. The Morgan fingerprint density at radius 3 is 2.27 bits per heavy atom. The third-order valence-electron chi connectivity index (χ3n) is 7.58. The zero-order valence-electron chi connectivity index (χ0n) is 14.3. The fourth-order valence-corrected chi connectivity index (χ4v) is 6.97. The van der Waals surface area contributed by atoms with Crippen LogP contribution in [0.3, 0.4) is 0 Å². The van der Waals surface area contributed by atoms with Gasteiger partial charge in [0.25, 0.3) is 0 Å². The predicted molar refractivity (Wildman–Crippen MR) is 89.9 cm³/mol. The number of nitrogens with zero attached hydrogens (tertiary/aromatic N) is 3. The third-order valence-corrected chi connectivity index (χ3v) is 7.58. The molecule has 0 N–H and O–H groups in total. The van der Waals surface area contributed by atoms with Crippen LogP contribution in [0.4, 0.5) is 0 Å². The number of guanidine groups is 1. The average molecular weight is 301 g/mol. The molecule has 4 saturated carbocycles. The molecule has 0 spiro atoms. The molecule has 1 saturated heterocycles. The SMILES string of the molecule is C[C@H]1CN2C(=NC[C@@H]2C)N1CCC12CC3CC(CC(C3)C1)C2. The first kappa shape index (κ1) is 13.7. The summed E-state index contributed by atoms with van der Waals surface area (Å²) in [6.45, 7) is 8.19. The van der Waals surface area contributed by atoms with Gasteiger partial charge >= 0.3 is 0 Å². The Morgan fingerprint density at radius 2 is 1.64 bits per heavy atom. The zero-order chi connectivity index (χ0) is 14.9. The third kappa shape index (κ3) is 1.96. The summed E-state index contributed by atoms with van der Waals surface area (Å²) in [6, 6.07) is 1.29. The Balaban J connectivity index is 1.29. The number of rotatable bonds is 3. The molecular formula is C19H31N3. The maximum atomic E-state index is 4.84. The summed E-state index contributed by atoms with van der Waals surface area (Å²) in [7, 11) is 0. The Labute approximate surface area is 135 Å². The van der Waals surface area contributed by atoms with E-state index in [0.717, 1.165) is 24.3 Å². The van der Waals surface area contributed by atoms with Gasteiger partial charge in [-0.2, -0.15) is 0 Å². The minimum Gasteiger partial charge on any atom is -0.338 e. The van der Waals surface area contributed by atoms with Gasteiger partial charge in [0.1, 0.15) is 0 Å². The van der Waals surface area contributed by atoms with Crippen LogP contribution in [0.15, 0.2) is 4.99 Å². The number of hydrogen-bond acceptors (Lipinski definition) is 3. The summed E-state index contributed by atoms with van der Waals surface area (Å²) in [4.78, 5) is 10.0. The molecule has 2 heterocycles. The van der Waals surface area contributed by atoms with Crippen molar-refractivity contribution >= 4 is 5.96 Å². The molecule has 0 aromatic heterocycles. The number of hydrogen-bond donors (Lipinski definition) is 0. The summed E-state index contributed by atoms with van der Waals surface area (Å²) in [5, 5.41) is 0. The maximum absolute atomic E-state index is 4.84. The number of fused-ring (bicyclic) bond motifs is 1. The van der Waals surface area contributed by atoms with Crippen LogP contribution in [0.1, 0.15) is 58.8 Å². The second-order valence-electron chi connectivity index (χ2n) is 9.35. The first-order chi connectivity index (χ1) is 10.6. The summed E-state index contributed by atoms with van der Waals surface area (Å²) >= 11 is 0. The molecule has 6 rings (SSSR count). The monoisotopic (exact) mass is 301 g/mol. The van der Waals surface area contributed by atoms with E-state index in [4.69, 9.17) is 4.99 Å². The van der Waals surface area contributed by atoms with E-state index in [9.17, 15) is 0 Å². The van der Waals surface area contributed by atoms with Crippen molar-refractivity contribution in [1.82, 2.24) is 9.80 Å². The van der Waals surface area contributed by atoms with Gasteiger partial charge in [-0.1, -0.05) is 0 Å². The normalized spacial score (nSPS) is 49.0. The van der Waals surface area contributed by atoms with Crippen LogP contribution in [0.2, 0.25) is 0 Å². The minimum absolute atomic E-state index is 0.627. The van der Waals surface area contributed by atoms with E-state index in [1.807, 2.05) is 0 Å². The van der Waals surface area contributed by atoms with Gasteiger partial charge in [0.05, 0.1) is 6.54 Å². The van der Waals surface area contributed by atoms with Crippen LogP contribution >= 0.6 is 0 Å². The highest BCUT2D eigenvalue weighted by atomic mass is 15.5. The van der Waals surface area contributed by atoms with E-state index in [0.29, 0.717) is 17.5 Å². The molecule has 22 heavy (non-hydrogen) atoms. The summed E-state index contributed by atoms with van der Waals surface area (Å²) in [5.41, 5.74) is 0.715. The van der Waals surface area contributed by atoms with Crippen molar-refractivity contribution in [3.8, 4) is 0 Å². The molecular weight excluding hydrogens is 270 g/mol. The van der Waals surface area contributed by atoms with Gasteiger partial charge in [-0.05, 0) is 82.0 Å². The first-order valence-electron chi connectivity index (χ1n) is 9.70. The van der Waals surface area contributed by atoms with Crippen molar-refractivity contribution in [2.45, 2.75) is 70.9 Å². The smallest absolute Gasteiger partial charge is 0.197 e. The molecule has 6 aliphatic rings. The van der Waals surface area contributed by atoms with Gasteiger partial charge in [0, 0.05) is 25.2 Å². The van der Waals surface area contributed by atoms with Crippen LogP contribution in [0.5, 0.6) is 0 Å². The Kier molecular flexibility index (Phi) is 2.89. The standard InChI is InChI=1S/C19H31N3/c1-13-11-20-18-21(14(2)12-22(13)18)4-3-19-8-15-5-16(9-19)7-17(6-15)10-19/h13-17H,3-12H2,1-2H3/t13-,14-,15?,16?,17?,19?/m0/s1. The minimum atomic E-state index is 0.627. The lowest BCUT2D eigenvalue weighted by Crippen LogP contribution is -2.48. The van der Waals surface area contributed by atoms with Crippen molar-refractivity contribution in [2.75, 3.05) is 19.6 Å². The van der Waals surface area contributed by atoms with Crippen molar-refractivity contribution in [2.24, 2.45) is 28.2 Å². The van der Waals surface area contributed by atoms with E-state index in [2.05, 4.69) is 23.6 Å². The average Bonchev–Trinajstić information content (AvgIpc) is 2.95. The second kappa shape index (κ2) is 4.64. The van der Waals surface area contributed by atoms with Crippen molar-refractivity contribution in [3.05, 3.63) is 0 Å². The molecule has 122 valence electrons. The largest absolute Gasteiger partial charge is 0.338 e. The molecule has 0 aromatic rings. The highest BCUT2D eigenvalue weighted by molar-refractivity contribution is 5.84. The molecule has 0 radical (unpaired) electrons. The Bertz CT molecular complexity index is 462. The van der Waals surface area contributed by atoms with E-state index in [-0.39, 0.29) is 0 Å². The van der Waals surface area contributed by atoms with Crippen LogP contribution in [0, 0.1) is 23.2 Å². The fraction of sp³-hybridized carbons (Fsp3) is 0.947. The van der Waals surface area contributed by atoms with Gasteiger partial charge in [-0.25, -0.2) is 0 Å². The molecule has 5 fully saturated rings. The van der Waals surface area contributed by atoms with Gasteiger partial charge in [0.15, 0.2) is 5.96 Å².